The van der Waals surface area contributed by atoms with Crippen molar-refractivity contribution in [1.29, 1.82) is 0 Å². The van der Waals surface area contributed by atoms with Crippen LogP contribution in [0.25, 0.3) is 21.8 Å². The third kappa shape index (κ3) is 2.76. The molecule has 2 aromatic carbocycles. The average molecular weight is 313 g/mol. The number of thiazole rings is 1. The van der Waals surface area contributed by atoms with E-state index in [0.717, 1.165) is 27.6 Å². The number of aromatic hydroxyl groups is 1. The van der Waals surface area contributed by atoms with Gasteiger partial charge in [-0.3, -0.25) is 0 Å². The molecule has 0 saturated carbocycles. The van der Waals surface area contributed by atoms with E-state index in [1.54, 1.807) is 32.4 Å². The molecular weight excluding hydrogens is 298 g/mol. The first-order valence-corrected chi connectivity index (χ1v) is 7.56. The molecule has 3 rings (SSSR count). The summed E-state index contributed by atoms with van der Waals surface area (Å²) in [7, 11) is 3.25. The molecule has 0 aliphatic carbocycles. The van der Waals surface area contributed by atoms with Gasteiger partial charge in [0.05, 0.1) is 19.9 Å². The number of aromatic nitrogens is 1. The van der Waals surface area contributed by atoms with Gasteiger partial charge >= 0.3 is 0 Å². The van der Waals surface area contributed by atoms with Crippen LogP contribution in [0.5, 0.6) is 17.2 Å². The fourth-order valence-corrected chi connectivity index (χ4v) is 3.00. The molecule has 112 valence electrons. The quantitative estimate of drug-likeness (QED) is 0.784. The van der Waals surface area contributed by atoms with E-state index in [9.17, 15) is 5.11 Å². The van der Waals surface area contributed by atoms with Crippen molar-refractivity contribution in [3.8, 4) is 39.1 Å². The highest BCUT2D eigenvalue weighted by molar-refractivity contribution is 7.13. The summed E-state index contributed by atoms with van der Waals surface area (Å²) in [6.07, 6.45) is 0. The van der Waals surface area contributed by atoms with Gasteiger partial charge in [-0.1, -0.05) is 12.1 Å². The van der Waals surface area contributed by atoms with Gasteiger partial charge < -0.3 is 14.6 Å². The largest absolute Gasteiger partial charge is 0.508 e. The SMILES string of the molecule is COc1ccc(-c2csc(-c3cccc(O)c3)n2)c(OC)c1. The second-order valence-electron chi connectivity index (χ2n) is 4.65. The Kier molecular flexibility index (Phi) is 3.98. The predicted molar refractivity (Wildman–Crippen MR) is 87.8 cm³/mol. The zero-order valence-corrected chi connectivity index (χ0v) is 13.1. The van der Waals surface area contributed by atoms with Crippen LogP contribution >= 0.6 is 11.3 Å². The van der Waals surface area contributed by atoms with E-state index in [4.69, 9.17) is 9.47 Å². The van der Waals surface area contributed by atoms with Gasteiger partial charge in [-0.25, -0.2) is 4.98 Å². The van der Waals surface area contributed by atoms with E-state index in [1.165, 1.54) is 11.3 Å². The molecule has 0 aliphatic heterocycles. The first kappa shape index (κ1) is 14.4. The van der Waals surface area contributed by atoms with E-state index >= 15 is 0 Å². The number of nitrogens with zero attached hydrogens (tertiary/aromatic N) is 1. The molecule has 0 saturated heterocycles. The van der Waals surface area contributed by atoms with Gasteiger partial charge in [0.25, 0.3) is 0 Å². The van der Waals surface area contributed by atoms with Gasteiger partial charge in [0.2, 0.25) is 0 Å². The molecule has 1 aromatic heterocycles. The Morgan fingerprint density at radius 1 is 1.05 bits per heavy atom. The van der Waals surface area contributed by atoms with Crippen LogP contribution in [-0.2, 0) is 0 Å². The zero-order chi connectivity index (χ0) is 15.5. The van der Waals surface area contributed by atoms with Gasteiger partial charge in [0.15, 0.2) is 0 Å². The average Bonchev–Trinajstić information content (AvgIpc) is 3.04. The summed E-state index contributed by atoms with van der Waals surface area (Å²) >= 11 is 1.53. The minimum atomic E-state index is 0.233. The molecule has 3 aromatic rings. The van der Waals surface area contributed by atoms with Crippen LogP contribution in [0.1, 0.15) is 0 Å². The lowest BCUT2D eigenvalue weighted by Gasteiger charge is -2.08. The molecule has 0 atom stereocenters. The second-order valence-corrected chi connectivity index (χ2v) is 5.51. The fraction of sp³-hybridized carbons (Fsp3) is 0.118. The van der Waals surface area contributed by atoms with Crippen LogP contribution in [0.3, 0.4) is 0 Å². The van der Waals surface area contributed by atoms with Crippen LogP contribution in [0.2, 0.25) is 0 Å². The van der Waals surface area contributed by atoms with Crippen LogP contribution < -0.4 is 9.47 Å². The van der Waals surface area contributed by atoms with Gasteiger partial charge in [-0.05, 0) is 24.3 Å². The zero-order valence-electron chi connectivity index (χ0n) is 12.2. The number of ether oxygens (including phenoxy) is 2. The summed E-state index contributed by atoms with van der Waals surface area (Å²) in [4.78, 5) is 4.64. The van der Waals surface area contributed by atoms with Crippen molar-refractivity contribution in [2.45, 2.75) is 0 Å². The molecule has 0 radical (unpaired) electrons. The maximum absolute atomic E-state index is 9.58. The highest BCUT2D eigenvalue weighted by Gasteiger charge is 2.12. The Morgan fingerprint density at radius 3 is 2.64 bits per heavy atom. The van der Waals surface area contributed by atoms with Crippen LogP contribution in [-0.4, -0.2) is 24.3 Å². The lowest BCUT2D eigenvalue weighted by atomic mass is 10.1. The van der Waals surface area contributed by atoms with Crippen molar-refractivity contribution in [1.82, 2.24) is 4.98 Å². The topological polar surface area (TPSA) is 51.6 Å². The number of phenolic OH excluding ortho intramolecular Hbond substituents is 1. The molecule has 0 bridgehead atoms. The lowest BCUT2D eigenvalue weighted by molar-refractivity contribution is 0.395. The third-order valence-corrected chi connectivity index (χ3v) is 4.17. The summed E-state index contributed by atoms with van der Waals surface area (Å²) in [6.45, 7) is 0. The molecule has 0 spiro atoms. The van der Waals surface area contributed by atoms with Crippen LogP contribution in [0.15, 0.2) is 47.8 Å². The molecular formula is C17H15NO3S. The molecule has 22 heavy (non-hydrogen) atoms. The first-order chi connectivity index (χ1) is 10.7. The maximum Gasteiger partial charge on any atom is 0.131 e. The minimum absolute atomic E-state index is 0.233. The second kappa shape index (κ2) is 6.07. The number of phenols is 1. The highest BCUT2D eigenvalue weighted by Crippen LogP contribution is 2.36. The Hall–Kier alpha value is -2.53. The van der Waals surface area contributed by atoms with Crippen molar-refractivity contribution in [2.24, 2.45) is 0 Å². The third-order valence-electron chi connectivity index (χ3n) is 3.28. The summed E-state index contributed by atoms with van der Waals surface area (Å²) in [5.74, 6) is 1.69. The fourth-order valence-electron chi connectivity index (χ4n) is 2.18. The highest BCUT2D eigenvalue weighted by atomic mass is 32.1. The van der Waals surface area contributed by atoms with Crippen molar-refractivity contribution in [3.05, 3.63) is 47.8 Å². The standard InChI is InChI=1S/C17H15NO3S/c1-20-13-6-7-14(16(9-13)21-2)15-10-22-17(18-15)11-4-3-5-12(19)8-11/h3-10,19H,1-2H3. The Labute approximate surface area is 132 Å². The minimum Gasteiger partial charge on any atom is -0.508 e. The predicted octanol–water partition coefficient (Wildman–Crippen LogP) is 4.20. The van der Waals surface area contributed by atoms with E-state index in [1.807, 2.05) is 29.6 Å². The van der Waals surface area contributed by atoms with E-state index in [0.29, 0.717) is 5.75 Å². The molecule has 1 heterocycles. The van der Waals surface area contributed by atoms with E-state index in [2.05, 4.69) is 4.98 Å². The molecule has 4 nitrogen and oxygen atoms in total. The number of hydrogen-bond acceptors (Lipinski definition) is 5. The first-order valence-electron chi connectivity index (χ1n) is 6.68. The van der Waals surface area contributed by atoms with Crippen molar-refractivity contribution >= 4 is 11.3 Å². The van der Waals surface area contributed by atoms with Crippen molar-refractivity contribution in [2.75, 3.05) is 14.2 Å². The summed E-state index contributed by atoms with van der Waals surface area (Å²) in [6, 6.07) is 12.7. The monoisotopic (exact) mass is 313 g/mol. The van der Waals surface area contributed by atoms with Crippen molar-refractivity contribution < 1.29 is 14.6 Å². The Bertz CT molecular complexity index is 798. The molecule has 0 aliphatic rings. The Morgan fingerprint density at radius 2 is 1.91 bits per heavy atom. The summed E-state index contributed by atoms with van der Waals surface area (Å²) in [5, 5.41) is 12.4. The number of benzene rings is 2. The number of rotatable bonds is 4. The van der Waals surface area contributed by atoms with Crippen molar-refractivity contribution in [3.63, 3.8) is 0 Å². The van der Waals surface area contributed by atoms with Gasteiger partial charge in [-0.2, -0.15) is 0 Å². The Balaban J connectivity index is 2.00. The van der Waals surface area contributed by atoms with Gasteiger partial charge in [0.1, 0.15) is 22.3 Å². The maximum atomic E-state index is 9.58. The van der Waals surface area contributed by atoms with Gasteiger partial charge in [0, 0.05) is 22.6 Å². The van der Waals surface area contributed by atoms with Crippen LogP contribution in [0, 0.1) is 0 Å². The molecule has 1 N–H and O–H groups in total. The summed E-state index contributed by atoms with van der Waals surface area (Å²) < 4.78 is 10.6. The molecule has 0 amide bonds. The van der Waals surface area contributed by atoms with Gasteiger partial charge in [-0.15, -0.1) is 11.3 Å². The number of hydrogen-bond donors (Lipinski definition) is 1. The molecule has 0 unspecified atom stereocenters. The molecule has 5 heteroatoms. The molecule has 0 fully saturated rings. The van der Waals surface area contributed by atoms with E-state index < -0.39 is 0 Å². The lowest BCUT2D eigenvalue weighted by Crippen LogP contribution is -1.90. The number of methoxy groups -OCH3 is 2. The normalized spacial score (nSPS) is 10.5. The summed E-state index contributed by atoms with van der Waals surface area (Å²) in [5.41, 5.74) is 2.64. The van der Waals surface area contributed by atoms with Crippen LogP contribution in [0.4, 0.5) is 0 Å². The smallest absolute Gasteiger partial charge is 0.131 e. The van der Waals surface area contributed by atoms with E-state index in [-0.39, 0.29) is 5.75 Å².